The summed E-state index contributed by atoms with van der Waals surface area (Å²) >= 11 is 0. The van der Waals surface area contributed by atoms with Crippen LogP contribution in [0.1, 0.15) is 26.3 Å². The summed E-state index contributed by atoms with van der Waals surface area (Å²) in [5, 5.41) is 18.5. The Morgan fingerprint density at radius 3 is 2.70 bits per heavy atom. The number of sulfonamides is 1. The third-order valence-electron chi connectivity index (χ3n) is 4.89. The van der Waals surface area contributed by atoms with Gasteiger partial charge in [0, 0.05) is 24.4 Å². The fourth-order valence-corrected chi connectivity index (χ4v) is 3.79. The fourth-order valence-electron chi connectivity index (χ4n) is 3.23. The molecule has 7 heteroatoms. The molecule has 6 nitrogen and oxygen atoms in total. The Kier molecular flexibility index (Phi) is 6.24. The zero-order chi connectivity index (χ0) is 21.9. The van der Waals surface area contributed by atoms with Crippen LogP contribution in [0.4, 0.5) is 5.82 Å². The van der Waals surface area contributed by atoms with E-state index in [1.807, 2.05) is 45.2 Å². The first-order valence-corrected chi connectivity index (χ1v) is 11.0. The average Bonchev–Trinajstić information content (AvgIpc) is 2.72. The lowest BCUT2D eigenvalue weighted by atomic mass is 9.94. The van der Waals surface area contributed by atoms with Crippen molar-refractivity contribution >= 4 is 15.8 Å². The second kappa shape index (κ2) is 8.69. The van der Waals surface area contributed by atoms with E-state index < -0.39 is 10.0 Å². The maximum Gasteiger partial charge on any atom is 0.238 e. The van der Waals surface area contributed by atoms with Crippen LogP contribution in [0.15, 0.2) is 88.3 Å². The molecule has 0 saturated heterocycles. The minimum Gasteiger partial charge on any atom is -0.508 e. The molecule has 0 aliphatic carbocycles. The zero-order valence-corrected chi connectivity index (χ0v) is 18.0. The van der Waals surface area contributed by atoms with Crippen molar-refractivity contribution in [3.8, 4) is 11.1 Å². The van der Waals surface area contributed by atoms with Crippen molar-refractivity contribution in [2.75, 3.05) is 5.32 Å². The van der Waals surface area contributed by atoms with Crippen molar-refractivity contribution in [3.05, 3.63) is 89.0 Å². The Morgan fingerprint density at radius 1 is 1.23 bits per heavy atom. The average molecular weight is 424 g/mol. The normalized spacial score (nSPS) is 15.3. The van der Waals surface area contributed by atoms with Crippen LogP contribution in [0.5, 0.6) is 0 Å². The van der Waals surface area contributed by atoms with Gasteiger partial charge in [-0.05, 0) is 72.9 Å². The Hall–Kier alpha value is -3.16. The van der Waals surface area contributed by atoms with Crippen LogP contribution in [0, 0.1) is 0 Å². The molecule has 0 amide bonds. The maximum absolute atomic E-state index is 11.7. The number of primary sulfonamides is 1. The molecule has 30 heavy (non-hydrogen) atoms. The van der Waals surface area contributed by atoms with E-state index in [2.05, 4.69) is 10.3 Å². The van der Waals surface area contributed by atoms with Crippen molar-refractivity contribution in [2.24, 2.45) is 5.14 Å². The molecular weight excluding hydrogens is 398 g/mol. The van der Waals surface area contributed by atoms with Crippen molar-refractivity contribution in [1.29, 1.82) is 0 Å². The minimum absolute atomic E-state index is 0.0680. The van der Waals surface area contributed by atoms with E-state index >= 15 is 0 Å². The summed E-state index contributed by atoms with van der Waals surface area (Å²) in [5.74, 6) is 1.00. The molecule has 1 aromatic heterocycles. The SMILES string of the molecule is C\C=C/C(O)=C(C)\C=C(/C)C1=CNc2ncc(-c3cccc(S(N)(=O)=O)c3)cc2C1. The van der Waals surface area contributed by atoms with Crippen LogP contribution >= 0.6 is 0 Å². The van der Waals surface area contributed by atoms with Crippen LogP contribution in [0.2, 0.25) is 0 Å². The van der Waals surface area contributed by atoms with Gasteiger partial charge in [0.25, 0.3) is 0 Å². The lowest BCUT2D eigenvalue weighted by molar-refractivity contribution is 0.427. The van der Waals surface area contributed by atoms with Gasteiger partial charge < -0.3 is 10.4 Å². The van der Waals surface area contributed by atoms with E-state index in [0.717, 1.165) is 39.2 Å². The van der Waals surface area contributed by atoms with Crippen molar-refractivity contribution < 1.29 is 13.5 Å². The number of aliphatic hydroxyl groups excluding tert-OH is 1. The summed E-state index contributed by atoms with van der Waals surface area (Å²) in [5.41, 5.74) is 5.43. The molecule has 2 aromatic rings. The fraction of sp³-hybridized carbons (Fsp3) is 0.174. The lowest BCUT2D eigenvalue weighted by Crippen LogP contribution is -2.12. The maximum atomic E-state index is 11.7. The highest BCUT2D eigenvalue weighted by molar-refractivity contribution is 7.89. The quantitative estimate of drug-likeness (QED) is 0.481. The van der Waals surface area contributed by atoms with Gasteiger partial charge in [0.05, 0.1) is 4.90 Å². The summed E-state index contributed by atoms with van der Waals surface area (Å²) in [6.07, 6.45) is 9.68. The molecule has 0 atom stereocenters. The second-order valence-electron chi connectivity index (χ2n) is 7.19. The highest BCUT2D eigenvalue weighted by atomic mass is 32.2. The number of fused-ring (bicyclic) bond motifs is 1. The summed E-state index contributed by atoms with van der Waals surface area (Å²) in [6, 6.07) is 8.51. The van der Waals surface area contributed by atoms with Gasteiger partial charge in [-0.2, -0.15) is 0 Å². The topological polar surface area (TPSA) is 105 Å². The lowest BCUT2D eigenvalue weighted by Gasteiger charge is -2.19. The van der Waals surface area contributed by atoms with E-state index in [1.54, 1.807) is 30.5 Å². The number of nitrogens with one attached hydrogen (secondary N) is 1. The first kappa shape index (κ1) is 21.5. The number of pyridine rings is 1. The number of allylic oxidation sites excluding steroid dienone is 6. The number of rotatable bonds is 5. The van der Waals surface area contributed by atoms with Gasteiger partial charge in [-0.3, -0.25) is 0 Å². The smallest absolute Gasteiger partial charge is 0.238 e. The highest BCUT2D eigenvalue weighted by Gasteiger charge is 2.16. The van der Waals surface area contributed by atoms with Crippen LogP contribution in [-0.2, 0) is 16.4 Å². The number of aromatic nitrogens is 1. The first-order chi connectivity index (χ1) is 14.2. The molecule has 4 N–H and O–H groups in total. The summed E-state index contributed by atoms with van der Waals surface area (Å²) in [6.45, 7) is 5.72. The Bertz CT molecular complexity index is 1210. The molecular formula is C23H25N3O3S. The number of benzene rings is 1. The van der Waals surface area contributed by atoms with Crippen LogP contribution in [-0.4, -0.2) is 18.5 Å². The van der Waals surface area contributed by atoms with E-state index in [9.17, 15) is 13.5 Å². The van der Waals surface area contributed by atoms with E-state index in [1.165, 1.54) is 6.07 Å². The molecule has 0 spiro atoms. The molecule has 156 valence electrons. The largest absolute Gasteiger partial charge is 0.508 e. The van der Waals surface area contributed by atoms with Gasteiger partial charge >= 0.3 is 0 Å². The second-order valence-corrected chi connectivity index (χ2v) is 8.75. The van der Waals surface area contributed by atoms with E-state index in [-0.39, 0.29) is 10.7 Å². The predicted octanol–water partition coefficient (Wildman–Crippen LogP) is 4.60. The molecule has 2 heterocycles. The minimum atomic E-state index is -3.77. The van der Waals surface area contributed by atoms with Crippen molar-refractivity contribution in [3.63, 3.8) is 0 Å². The van der Waals surface area contributed by atoms with Crippen LogP contribution in [0.25, 0.3) is 11.1 Å². The highest BCUT2D eigenvalue weighted by Crippen LogP contribution is 2.30. The van der Waals surface area contributed by atoms with Crippen LogP contribution < -0.4 is 10.5 Å². The van der Waals surface area contributed by atoms with Gasteiger partial charge in [0.15, 0.2) is 0 Å². The zero-order valence-electron chi connectivity index (χ0n) is 17.2. The van der Waals surface area contributed by atoms with Crippen molar-refractivity contribution in [1.82, 2.24) is 4.98 Å². The van der Waals surface area contributed by atoms with E-state index in [0.29, 0.717) is 6.42 Å². The molecule has 0 radical (unpaired) electrons. The van der Waals surface area contributed by atoms with Crippen molar-refractivity contribution in [2.45, 2.75) is 32.1 Å². The van der Waals surface area contributed by atoms with Gasteiger partial charge in [0.1, 0.15) is 11.6 Å². The third kappa shape index (κ3) is 4.87. The molecule has 3 rings (SSSR count). The third-order valence-corrected chi connectivity index (χ3v) is 5.81. The van der Waals surface area contributed by atoms with Gasteiger partial charge in [-0.1, -0.05) is 24.3 Å². The predicted molar refractivity (Wildman–Crippen MR) is 120 cm³/mol. The number of aliphatic hydroxyl groups is 1. The summed E-state index contributed by atoms with van der Waals surface area (Å²) in [7, 11) is -3.77. The Balaban J connectivity index is 1.91. The first-order valence-electron chi connectivity index (χ1n) is 9.48. The molecule has 0 saturated carbocycles. The number of anilines is 1. The summed E-state index contributed by atoms with van der Waals surface area (Å²) in [4.78, 5) is 4.55. The molecule has 1 aromatic carbocycles. The van der Waals surface area contributed by atoms with Gasteiger partial charge in [-0.25, -0.2) is 18.5 Å². The number of hydrogen-bond donors (Lipinski definition) is 3. The van der Waals surface area contributed by atoms with Crippen LogP contribution in [0.3, 0.4) is 0 Å². The summed E-state index contributed by atoms with van der Waals surface area (Å²) < 4.78 is 23.3. The monoisotopic (exact) mass is 423 g/mol. The van der Waals surface area contributed by atoms with E-state index in [4.69, 9.17) is 5.14 Å². The molecule has 0 fully saturated rings. The standard InChI is InChI=1S/C23H25N3O3S/c1-4-6-22(27)16(3)9-15(2)19-10-18-11-20(14-26-23(18)25-13-19)17-7-5-8-21(12-17)30(24,28)29/h4-9,11-14,27H,10H2,1-3H3,(H,25,26)(H2,24,28,29)/b6-4-,15-9+,22-16+. The Morgan fingerprint density at radius 2 is 2.00 bits per heavy atom. The molecule has 1 aliphatic heterocycles. The van der Waals surface area contributed by atoms with Gasteiger partial charge in [-0.15, -0.1) is 0 Å². The number of hydrogen-bond acceptors (Lipinski definition) is 5. The van der Waals surface area contributed by atoms with Gasteiger partial charge in [0.2, 0.25) is 10.0 Å². The number of nitrogens with zero attached hydrogens (tertiary/aromatic N) is 1. The molecule has 0 unspecified atom stereocenters. The Labute approximate surface area is 177 Å². The number of nitrogens with two attached hydrogens (primary N) is 1. The molecule has 0 bridgehead atoms. The molecule has 1 aliphatic rings.